The molecule has 16 rings (SSSR count). The van der Waals surface area contributed by atoms with E-state index in [2.05, 4.69) is 266 Å². The number of fused-ring (bicyclic) bond motifs is 13. The molecule has 0 aliphatic heterocycles. The van der Waals surface area contributed by atoms with Gasteiger partial charge >= 0.3 is 0 Å². The minimum absolute atomic E-state index is 0.852. The van der Waals surface area contributed by atoms with Gasteiger partial charge in [0, 0.05) is 73.6 Å². The van der Waals surface area contributed by atoms with Crippen LogP contribution in [0, 0.1) is 0 Å². The first-order valence-electron chi connectivity index (χ1n) is 25.9. The van der Waals surface area contributed by atoms with Crippen LogP contribution in [0.4, 0.5) is 17.1 Å². The van der Waals surface area contributed by atoms with E-state index < -0.39 is 0 Å². The Morgan fingerprint density at radius 3 is 1.70 bits per heavy atom. The molecule has 0 N–H and O–H groups in total. The summed E-state index contributed by atoms with van der Waals surface area (Å²) in [4.78, 5) is 2.46. The molecule has 16 aromatic rings. The Hall–Kier alpha value is -9.32. The molecule has 76 heavy (non-hydrogen) atoms. The lowest BCUT2D eigenvalue weighted by atomic mass is 9.91. The van der Waals surface area contributed by atoms with Crippen LogP contribution in [0.2, 0.25) is 0 Å². The van der Waals surface area contributed by atoms with Gasteiger partial charge in [0.2, 0.25) is 0 Å². The van der Waals surface area contributed by atoms with E-state index in [1.807, 2.05) is 22.7 Å². The lowest BCUT2D eigenvalue weighted by Gasteiger charge is -2.27. The Balaban J connectivity index is 0.951. The van der Waals surface area contributed by atoms with Gasteiger partial charge in [-0.15, -0.1) is 22.7 Å². The normalized spacial score (nSPS) is 11.9. The molecule has 0 radical (unpaired) electrons. The lowest BCUT2D eigenvalue weighted by Crippen LogP contribution is -2.10. The maximum absolute atomic E-state index is 6.87. The highest BCUT2D eigenvalue weighted by atomic mass is 32.1. The summed E-state index contributed by atoms with van der Waals surface area (Å²) < 4.78 is 12.1. The van der Waals surface area contributed by atoms with Crippen LogP contribution >= 0.6 is 22.7 Å². The van der Waals surface area contributed by atoms with Gasteiger partial charge in [-0.25, -0.2) is 0 Å². The van der Waals surface area contributed by atoms with E-state index in [1.165, 1.54) is 106 Å². The highest BCUT2D eigenvalue weighted by Gasteiger charge is 2.23. The molecule has 0 aliphatic carbocycles. The van der Waals surface area contributed by atoms with Gasteiger partial charge in [-0.1, -0.05) is 188 Å². The van der Waals surface area contributed by atoms with Gasteiger partial charge in [0.15, 0.2) is 0 Å². The molecule has 0 saturated heterocycles. The van der Waals surface area contributed by atoms with Gasteiger partial charge in [-0.2, -0.15) is 0 Å². The van der Waals surface area contributed by atoms with Crippen molar-refractivity contribution in [3.8, 4) is 44.5 Å². The quantitative estimate of drug-likeness (QED) is 0.158. The fourth-order valence-electron chi connectivity index (χ4n) is 12.3. The fraction of sp³-hybridized carbons (Fsp3) is 0. The van der Waals surface area contributed by atoms with Gasteiger partial charge in [0.05, 0.1) is 0 Å². The predicted molar refractivity (Wildman–Crippen MR) is 328 cm³/mol. The van der Waals surface area contributed by atoms with Crippen LogP contribution in [0.1, 0.15) is 0 Å². The molecule has 0 atom stereocenters. The van der Waals surface area contributed by atoms with Crippen molar-refractivity contribution in [1.82, 2.24) is 0 Å². The molecule has 0 bridgehead atoms. The molecule has 0 amide bonds. The molecule has 0 unspecified atom stereocenters. The van der Waals surface area contributed by atoms with E-state index in [4.69, 9.17) is 4.42 Å². The average Bonchev–Trinajstić information content (AvgIpc) is 4.22. The van der Waals surface area contributed by atoms with Gasteiger partial charge in [0.1, 0.15) is 11.2 Å². The Morgan fingerprint density at radius 2 is 0.842 bits per heavy atom. The van der Waals surface area contributed by atoms with Crippen LogP contribution in [0.3, 0.4) is 0 Å². The first kappa shape index (κ1) is 43.1. The smallest absolute Gasteiger partial charge is 0.136 e. The maximum atomic E-state index is 6.87. The van der Waals surface area contributed by atoms with E-state index in [0.717, 1.165) is 50.1 Å². The molecule has 3 aromatic heterocycles. The van der Waals surface area contributed by atoms with E-state index in [-0.39, 0.29) is 0 Å². The number of nitrogens with zero attached hydrogens (tertiary/aromatic N) is 1. The first-order chi connectivity index (χ1) is 37.7. The van der Waals surface area contributed by atoms with Gasteiger partial charge in [-0.05, 0) is 144 Å². The summed E-state index contributed by atoms with van der Waals surface area (Å²) in [7, 11) is 0. The number of hydrogen-bond donors (Lipinski definition) is 0. The summed E-state index contributed by atoms with van der Waals surface area (Å²) in [5.41, 5.74) is 14.4. The summed E-state index contributed by atoms with van der Waals surface area (Å²) in [6, 6.07) is 96.1. The van der Waals surface area contributed by atoms with Crippen LogP contribution < -0.4 is 4.90 Å². The molecular formula is C72H43NOS2. The Bertz CT molecular complexity index is 5030. The van der Waals surface area contributed by atoms with Gasteiger partial charge in [0.25, 0.3) is 0 Å². The third-order valence-corrected chi connectivity index (χ3v) is 18.0. The second kappa shape index (κ2) is 17.1. The van der Waals surface area contributed by atoms with Crippen molar-refractivity contribution in [3.05, 3.63) is 261 Å². The van der Waals surface area contributed by atoms with Crippen LogP contribution in [0.5, 0.6) is 0 Å². The molecule has 0 spiro atoms. The highest BCUT2D eigenvalue weighted by molar-refractivity contribution is 7.27. The van der Waals surface area contributed by atoms with Crippen molar-refractivity contribution < 1.29 is 4.42 Å². The van der Waals surface area contributed by atoms with Crippen LogP contribution in [-0.2, 0) is 0 Å². The molecule has 0 saturated carbocycles. The van der Waals surface area contributed by atoms with Gasteiger partial charge in [-0.3, -0.25) is 0 Å². The minimum Gasteiger partial charge on any atom is -0.456 e. The second-order valence-corrected chi connectivity index (χ2v) is 22.0. The summed E-state index contributed by atoms with van der Waals surface area (Å²) in [6.07, 6.45) is 0. The molecule has 354 valence electrons. The first-order valence-corrected chi connectivity index (χ1v) is 27.5. The van der Waals surface area contributed by atoms with Crippen LogP contribution in [-0.4, -0.2) is 0 Å². The van der Waals surface area contributed by atoms with E-state index in [0.29, 0.717) is 0 Å². The predicted octanol–water partition coefficient (Wildman–Crippen LogP) is 21.9. The number of benzene rings is 13. The van der Waals surface area contributed by atoms with Crippen LogP contribution in [0.25, 0.3) is 139 Å². The maximum Gasteiger partial charge on any atom is 0.136 e. The lowest BCUT2D eigenvalue weighted by molar-refractivity contribution is 0.669. The van der Waals surface area contributed by atoms with Crippen molar-refractivity contribution in [1.29, 1.82) is 0 Å². The van der Waals surface area contributed by atoms with Crippen LogP contribution in [0.15, 0.2) is 265 Å². The third kappa shape index (κ3) is 6.71. The van der Waals surface area contributed by atoms with E-state index in [9.17, 15) is 0 Å². The summed E-state index contributed by atoms with van der Waals surface area (Å²) in [5, 5.41) is 14.7. The van der Waals surface area contributed by atoms with Crippen molar-refractivity contribution >= 4 is 134 Å². The van der Waals surface area contributed by atoms with Gasteiger partial charge < -0.3 is 9.32 Å². The fourth-order valence-corrected chi connectivity index (χ4v) is 14.6. The average molecular weight is 1000 g/mol. The number of hydrogen-bond acceptors (Lipinski definition) is 4. The molecule has 0 fully saturated rings. The van der Waals surface area contributed by atoms with Crippen molar-refractivity contribution in [3.63, 3.8) is 0 Å². The highest BCUT2D eigenvalue weighted by Crippen LogP contribution is 2.49. The number of anilines is 3. The zero-order chi connectivity index (χ0) is 49.8. The monoisotopic (exact) mass is 1000 g/mol. The third-order valence-electron chi connectivity index (χ3n) is 15.6. The summed E-state index contributed by atoms with van der Waals surface area (Å²) >= 11 is 3.75. The molecule has 4 heteroatoms. The minimum atomic E-state index is 0.852. The standard InChI is InChI=1S/C72H43NOS2/c1-3-22-50-44(17-1)19-14-30-54(50)53-25-6-5-23-51(53)46-20-13-21-47(39-46)73(49-40-45-18-2-4-24-52(45)61(42-49)58-32-16-36-69-71(58)60-29-10-12-35-68(60)75-69)48-37-38-65-64(41-48)70-57(31-15-33-66(70)74-65)62-43-63-56-27-9-11-34-67(56)76-72(63)59-28-8-7-26-55(59)62/h1-43H. The molecular weight excluding hydrogens is 959 g/mol. The van der Waals surface area contributed by atoms with E-state index in [1.54, 1.807) is 0 Å². The Morgan fingerprint density at radius 1 is 0.263 bits per heavy atom. The SMILES string of the molecule is c1cc(-c2ccccc2-c2cccc3ccccc23)cc(N(c2cc(-c3cccc4sc5ccccc5c34)c3ccccc3c2)c2ccc3oc4cccc(-c5cc6c7ccccc7sc6c6ccccc56)c4c3c2)c1. The van der Waals surface area contributed by atoms with Crippen molar-refractivity contribution in [2.75, 3.05) is 4.90 Å². The van der Waals surface area contributed by atoms with Crippen molar-refractivity contribution in [2.45, 2.75) is 0 Å². The Labute approximate surface area is 446 Å². The summed E-state index contributed by atoms with van der Waals surface area (Å²) in [6.45, 7) is 0. The molecule has 2 nitrogen and oxygen atoms in total. The zero-order valence-corrected chi connectivity index (χ0v) is 42.6. The molecule has 3 heterocycles. The van der Waals surface area contributed by atoms with E-state index >= 15 is 0 Å². The molecule has 0 aliphatic rings. The number of rotatable bonds is 7. The molecule has 13 aromatic carbocycles. The Kier molecular flexibility index (Phi) is 9.71. The summed E-state index contributed by atoms with van der Waals surface area (Å²) in [5.74, 6) is 0. The number of thiophene rings is 2. The van der Waals surface area contributed by atoms with Crippen molar-refractivity contribution in [2.24, 2.45) is 0 Å². The topological polar surface area (TPSA) is 16.4 Å². The largest absolute Gasteiger partial charge is 0.456 e. The number of furan rings is 1. The second-order valence-electron chi connectivity index (χ2n) is 19.9. The zero-order valence-electron chi connectivity index (χ0n) is 41.0.